The highest BCUT2D eigenvalue weighted by Gasteiger charge is 2.14. The molecule has 2 aromatic carbocycles. The molecule has 0 saturated heterocycles. The number of nitrogens with zero attached hydrogens (tertiary/aromatic N) is 1. The van der Waals surface area contributed by atoms with Crippen LogP contribution in [0, 0.1) is 0 Å². The minimum absolute atomic E-state index is 0.176. The van der Waals surface area contributed by atoms with Gasteiger partial charge in [-0.15, -0.1) is 0 Å². The summed E-state index contributed by atoms with van der Waals surface area (Å²) in [5, 5.41) is 15.7. The molecular weight excluding hydrogens is 252 g/mol. The Kier molecular flexibility index (Phi) is 3.05. The van der Waals surface area contributed by atoms with E-state index in [2.05, 4.69) is 10.2 Å². The molecule has 0 aliphatic carbocycles. The maximum atomic E-state index is 11.2. The molecule has 1 heterocycles. The molecular formula is C16H12N2O2. The van der Waals surface area contributed by atoms with Gasteiger partial charge in [-0.2, -0.15) is 5.10 Å². The molecule has 20 heavy (non-hydrogen) atoms. The molecule has 3 aromatic rings. The van der Waals surface area contributed by atoms with E-state index < -0.39 is 5.97 Å². The number of hydrogen-bond acceptors (Lipinski definition) is 2. The molecule has 98 valence electrons. The van der Waals surface area contributed by atoms with E-state index in [1.807, 2.05) is 54.6 Å². The predicted octanol–water partition coefficient (Wildman–Crippen LogP) is 3.44. The van der Waals surface area contributed by atoms with Crippen molar-refractivity contribution in [2.45, 2.75) is 0 Å². The lowest BCUT2D eigenvalue weighted by atomic mass is 10.0. The minimum atomic E-state index is -0.987. The zero-order valence-electron chi connectivity index (χ0n) is 10.6. The van der Waals surface area contributed by atoms with E-state index >= 15 is 0 Å². The number of aromatic nitrogens is 2. The van der Waals surface area contributed by atoms with Crippen LogP contribution in [-0.2, 0) is 0 Å². The van der Waals surface area contributed by atoms with Crippen molar-refractivity contribution < 1.29 is 9.90 Å². The third-order valence-corrected chi connectivity index (χ3v) is 3.13. The van der Waals surface area contributed by atoms with E-state index in [-0.39, 0.29) is 5.56 Å². The lowest BCUT2D eigenvalue weighted by Gasteiger charge is -2.05. The quantitative estimate of drug-likeness (QED) is 0.761. The van der Waals surface area contributed by atoms with Crippen LogP contribution in [0.1, 0.15) is 10.4 Å². The lowest BCUT2D eigenvalue weighted by molar-refractivity contribution is 0.0698. The second-order valence-corrected chi connectivity index (χ2v) is 4.41. The van der Waals surface area contributed by atoms with Crippen molar-refractivity contribution in [2.75, 3.05) is 0 Å². The average molecular weight is 264 g/mol. The Morgan fingerprint density at radius 3 is 2.40 bits per heavy atom. The Morgan fingerprint density at radius 2 is 1.65 bits per heavy atom. The highest BCUT2D eigenvalue weighted by atomic mass is 16.4. The van der Waals surface area contributed by atoms with Gasteiger partial charge in [-0.3, -0.25) is 5.10 Å². The summed E-state index contributed by atoms with van der Waals surface area (Å²) in [6, 6.07) is 17.7. The number of carbonyl (C=O) groups is 1. The third kappa shape index (κ3) is 2.19. The van der Waals surface area contributed by atoms with E-state index in [4.69, 9.17) is 5.11 Å². The van der Waals surface area contributed by atoms with Gasteiger partial charge in [0, 0.05) is 5.56 Å². The molecule has 4 heteroatoms. The zero-order chi connectivity index (χ0) is 13.9. The largest absolute Gasteiger partial charge is 0.478 e. The van der Waals surface area contributed by atoms with Crippen LogP contribution >= 0.6 is 0 Å². The van der Waals surface area contributed by atoms with Gasteiger partial charge in [0.1, 0.15) is 5.56 Å². The fourth-order valence-corrected chi connectivity index (χ4v) is 2.15. The van der Waals surface area contributed by atoms with E-state index in [1.54, 1.807) is 0 Å². The van der Waals surface area contributed by atoms with E-state index in [1.165, 1.54) is 6.20 Å². The molecule has 1 aromatic heterocycles. The zero-order valence-corrected chi connectivity index (χ0v) is 10.6. The van der Waals surface area contributed by atoms with Crippen molar-refractivity contribution in [2.24, 2.45) is 0 Å². The van der Waals surface area contributed by atoms with Crippen molar-refractivity contribution in [1.29, 1.82) is 0 Å². The summed E-state index contributed by atoms with van der Waals surface area (Å²) < 4.78 is 0. The third-order valence-electron chi connectivity index (χ3n) is 3.13. The standard InChI is InChI=1S/C16H12N2O2/c19-16(20)14-10-17-18-15(14)13-8-4-7-12(9-13)11-5-2-1-3-6-11/h1-10H,(H,17,18)(H,19,20). The van der Waals surface area contributed by atoms with Crippen LogP contribution in [0.2, 0.25) is 0 Å². The van der Waals surface area contributed by atoms with Gasteiger partial charge in [0.2, 0.25) is 0 Å². The fourth-order valence-electron chi connectivity index (χ4n) is 2.15. The molecule has 0 aliphatic rings. The summed E-state index contributed by atoms with van der Waals surface area (Å²) in [4.78, 5) is 11.2. The Balaban J connectivity index is 2.08. The molecule has 0 aliphatic heterocycles. The Morgan fingerprint density at radius 1 is 0.950 bits per heavy atom. The Hall–Kier alpha value is -2.88. The molecule has 0 amide bonds. The molecule has 0 unspecified atom stereocenters. The first-order valence-corrected chi connectivity index (χ1v) is 6.18. The van der Waals surface area contributed by atoms with Gasteiger partial charge in [-0.1, -0.05) is 48.5 Å². The second-order valence-electron chi connectivity index (χ2n) is 4.41. The van der Waals surface area contributed by atoms with Crippen LogP contribution in [0.3, 0.4) is 0 Å². The van der Waals surface area contributed by atoms with Crippen molar-refractivity contribution in [3.63, 3.8) is 0 Å². The molecule has 4 nitrogen and oxygen atoms in total. The molecule has 0 fully saturated rings. The molecule has 0 atom stereocenters. The van der Waals surface area contributed by atoms with Crippen LogP contribution < -0.4 is 0 Å². The van der Waals surface area contributed by atoms with Crippen molar-refractivity contribution in [3.8, 4) is 22.4 Å². The molecule has 0 radical (unpaired) electrons. The number of hydrogen-bond donors (Lipinski definition) is 2. The summed E-state index contributed by atoms with van der Waals surface area (Å²) in [5.41, 5.74) is 3.63. The van der Waals surface area contributed by atoms with E-state index in [9.17, 15) is 4.79 Å². The fraction of sp³-hybridized carbons (Fsp3) is 0. The number of aromatic carboxylic acids is 1. The molecule has 0 bridgehead atoms. The van der Waals surface area contributed by atoms with E-state index in [0.717, 1.165) is 16.7 Å². The van der Waals surface area contributed by atoms with Gasteiger partial charge in [-0.25, -0.2) is 4.79 Å². The Bertz CT molecular complexity index is 748. The van der Waals surface area contributed by atoms with Crippen LogP contribution in [0.4, 0.5) is 0 Å². The highest BCUT2D eigenvalue weighted by Crippen LogP contribution is 2.26. The second kappa shape index (κ2) is 5.01. The number of carboxylic acid groups (broad SMARTS) is 1. The smallest absolute Gasteiger partial charge is 0.339 e. The maximum Gasteiger partial charge on any atom is 0.339 e. The Labute approximate surface area is 115 Å². The summed E-state index contributed by atoms with van der Waals surface area (Å²) in [6.45, 7) is 0. The summed E-state index contributed by atoms with van der Waals surface area (Å²) in [5.74, 6) is -0.987. The predicted molar refractivity (Wildman–Crippen MR) is 76.4 cm³/mol. The van der Waals surface area contributed by atoms with E-state index in [0.29, 0.717) is 5.69 Å². The topological polar surface area (TPSA) is 66.0 Å². The number of carboxylic acids is 1. The first kappa shape index (κ1) is 12.2. The summed E-state index contributed by atoms with van der Waals surface area (Å²) >= 11 is 0. The normalized spacial score (nSPS) is 10.4. The molecule has 0 saturated carbocycles. The number of H-pyrrole nitrogens is 1. The summed E-state index contributed by atoms with van der Waals surface area (Å²) in [7, 11) is 0. The van der Waals surface area contributed by atoms with Crippen LogP contribution in [0.15, 0.2) is 60.8 Å². The first-order chi connectivity index (χ1) is 9.75. The van der Waals surface area contributed by atoms with Gasteiger partial charge in [0.05, 0.1) is 11.9 Å². The van der Waals surface area contributed by atoms with Crippen molar-refractivity contribution >= 4 is 5.97 Å². The number of aromatic amines is 1. The molecule has 2 N–H and O–H groups in total. The summed E-state index contributed by atoms with van der Waals surface area (Å²) in [6.07, 6.45) is 1.33. The number of rotatable bonds is 3. The lowest BCUT2D eigenvalue weighted by Crippen LogP contribution is -1.96. The number of benzene rings is 2. The van der Waals surface area contributed by atoms with Crippen LogP contribution in [-0.4, -0.2) is 21.3 Å². The number of nitrogens with one attached hydrogen (secondary N) is 1. The monoisotopic (exact) mass is 264 g/mol. The van der Waals surface area contributed by atoms with Crippen LogP contribution in [0.5, 0.6) is 0 Å². The van der Waals surface area contributed by atoms with Gasteiger partial charge < -0.3 is 5.11 Å². The van der Waals surface area contributed by atoms with Gasteiger partial charge >= 0.3 is 5.97 Å². The van der Waals surface area contributed by atoms with Crippen molar-refractivity contribution in [3.05, 3.63) is 66.4 Å². The molecule has 3 rings (SSSR count). The van der Waals surface area contributed by atoms with Gasteiger partial charge in [0.15, 0.2) is 0 Å². The van der Waals surface area contributed by atoms with Crippen LogP contribution in [0.25, 0.3) is 22.4 Å². The minimum Gasteiger partial charge on any atom is -0.478 e. The van der Waals surface area contributed by atoms with Gasteiger partial charge in [-0.05, 0) is 17.2 Å². The SMILES string of the molecule is O=C(O)c1cn[nH]c1-c1cccc(-c2ccccc2)c1. The maximum absolute atomic E-state index is 11.2. The highest BCUT2D eigenvalue weighted by molar-refractivity contribution is 5.94. The molecule has 0 spiro atoms. The van der Waals surface area contributed by atoms with Gasteiger partial charge in [0.25, 0.3) is 0 Å². The van der Waals surface area contributed by atoms with Crippen molar-refractivity contribution in [1.82, 2.24) is 10.2 Å². The first-order valence-electron chi connectivity index (χ1n) is 6.18. The average Bonchev–Trinajstić information content (AvgIpc) is 2.98.